The van der Waals surface area contributed by atoms with Crippen LogP contribution in [0, 0.1) is 12.8 Å². The Balaban J connectivity index is 1.86. The van der Waals surface area contributed by atoms with Gasteiger partial charge in [0.25, 0.3) is 5.91 Å². The molecule has 0 fully saturated rings. The normalized spacial score (nSPS) is 13.4. The first kappa shape index (κ1) is 18.2. The highest BCUT2D eigenvalue weighted by molar-refractivity contribution is 6.31. The summed E-state index contributed by atoms with van der Waals surface area (Å²) >= 11 is 6.18. The second-order valence-corrected chi connectivity index (χ2v) is 6.64. The van der Waals surface area contributed by atoms with E-state index in [9.17, 15) is 4.79 Å². The molecule has 0 unspecified atom stereocenters. The Kier molecular flexibility index (Phi) is 5.42. The molecule has 0 aliphatic heterocycles. The number of carbonyl (C=O) groups is 1. The highest BCUT2D eigenvalue weighted by Gasteiger charge is 2.27. The van der Waals surface area contributed by atoms with Crippen LogP contribution < -0.4 is 5.32 Å². The zero-order valence-electron chi connectivity index (χ0n) is 14.8. The Morgan fingerprint density at radius 1 is 1.35 bits per heavy atom. The minimum Gasteiger partial charge on any atom is -0.459 e. The van der Waals surface area contributed by atoms with Gasteiger partial charge in [-0.05, 0) is 36.6 Å². The highest BCUT2D eigenvalue weighted by atomic mass is 35.5. The van der Waals surface area contributed by atoms with Crippen molar-refractivity contribution >= 4 is 17.5 Å². The second-order valence-electron chi connectivity index (χ2n) is 6.23. The van der Waals surface area contributed by atoms with Gasteiger partial charge in [0.15, 0.2) is 5.76 Å². The molecule has 2 atom stereocenters. The molecule has 0 spiro atoms. The van der Waals surface area contributed by atoms with Gasteiger partial charge in [-0.15, -0.1) is 0 Å². The van der Waals surface area contributed by atoms with Crippen molar-refractivity contribution in [2.75, 3.05) is 0 Å². The summed E-state index contributed by atoms with van der Waals surface area (Å²) in [5.41, 5.74) is 1.73. The Labute approximate surface area is 156 Å². The van der Waals surface area contributed by atoms with Gasteiger partial charge in [0.05, 0.1) is 6.26 Å². The van der Waals surface area contributed by atoms with E-state index < -0.39 is 6.04 Å². The van der Waals surface area contributed by atoms with Crippen molar-refractivity contribution in [2.45, 2.75) is 33.2 Å². The fourth-order valence-corrected chi connectivity index (χ4v) is 2.69. The van der Waals surface area contributed by atoms with Crippen LogP contribution in [0.25, 0.3) is 11.4 Å². The molecule has 3 aromatic rings. The van der Waals surface area contributed by atoms with Crippen molar-refractivity contribution in [3.8, 4) is 11.4 Å². The first-order valence-electron chi connectivity index (χ1n) is 8.44. The molecule has 6 nitrogen and oxygen atoms in total. The standard InChI is InChI=1S/C19H20ClN3O3/c1-4-11(2)16(21-18(24)15-6-5-9-25-15)19-22-17(23-26-19)13-8-7-12(3)14(20)10-13/h5-11,16H,4H2,1-3H3,(H,21,24)/t11-,16+/m0/s1. The molecule has 0 aliphatic carbocycles. The van der Waals surface area contributed by atoms with Crippen molar-refractivity contribution in [3.63, 3.8) is 0 Å². The van der Waals surface area contributed by atoms with E-state index >= 15 is 0 Å². The van der Waals surface area contributed by atoms with Crippen molar-refractivity contribution in [1.82, 2.24) is 15.5 Å². The Morgan fingerprint density at radius 2 is 2.15 bits per heavy atom. The Morgan fingerprint density at radius 3 is 2.81 bits per heavy atom. The van der Waals surface area contributed by atoms with Crippen LogP contribution in [0.4, 0.5) is 0 Å². The molecular formula is C19H20ClN3O3. The third kappa shape index (κ3) is 3.80. The predicted molar refractivity (Wildman–Crippen MR) is 97.9 cm³/mol. The number of hydrogen-bond acceptors (Lipinski definition) is 5. The van der Waals surface area contributed by atoms with E-state index in [-0.39, 0.29) is 17.6 Å². The van der Waals surface area contributed by atoms with Crippen LogP contribution in [0.3, 0.4) is 0 Å². The van der Waals surface area contributed by atoms with Crippen molar-refractivity contribution in [1.29, 1.82) is 0 Å². The summed E-state index contributed by atoms with van der Waals surface area (Å²) in [5.74, 6) is 0.805. The van der Waals surface area contributed by atoms with E-state index in [0.29, 0.717) is 16.7 Å². The zero-order chi connectivity index (χ0) is 18.7. The number of hydrogen-bond donors (Lipinski definition) is 1. The lowest BCUT2D eigenvalue weighted by Crippen LogP contribution is -2.32. The summed E-state index contributed by atoms with van der Waals surface area (Å²) in [4.78, 5) is 16.8. The number of halogens is 1. The molecule has 0 aliphatic rings. The number of benzene rings is 1. The predicted octanol–water partition coefficient (Wildman–Crippen LogP) is 4.81. The van der Waals surface area contributed by atoms with E-state index in [4.69, 9.17) is 20.5 Å². The molecule has 26 heavy (non-hydrogen) atoms. The molecular weight excluding hydrogens is 354 g/mol. The van der Waals surface area contributed by atoms with E-state index in [2.05, 4.69) is 15.5 Å². The fraction of sp³-hybridized carbons (Fsp3) is 0.316. The number of carbonyl (C=O) groups excluding carboxylic acids is 1. The van der Waals surface area contributed by atoms with Gasteiger partial charge in [-0.25, -0.2) is 0 Å². The summed E-state index contributed by atoms with van der Waals surface area (Å²) in [6, 6.07) is 8.44. The van der Waals surface area contributed by atoms with Gasteiger partial charge in [-0.1, -0.05) is 49.2 Å². The second kappa shape index (κ2) is 7.74. The number of aryl methyl sites for hydroxylation is 1. The van der Waals surface area contributed by atoms with Gasteiger partial charge < -0.3 is 14.3 Å². The van der Waals surface area contributed by atoms with Crippen molar-refractivity contribution in [3.05, 3.63) is 58.8 Å². The van der Waals surface area contributed by atoms with Crippen LogP contribution in [0.5, 0.6) is 0 Å². The average Bonchev–Trinajstić information content (AvgIpc) is 3.33. The molecule has 0 saturated carbocycles. The maximum atomic E-state index is 12.4. The third-order valence-electron chi connectivity index (χ3n) is 4.38. The number of aromatic nitrogens is 2. The van der Waals surface area contributed by atoms with Crippen LogP contribution in [-0.4, -0.2) is 16.0 Å². The van der Waals surface area contributed by atoms with E-state index in [1.54, 1.807) is 18.2 Å². The van der Waals surface area contributed by atoms with E-state index in [1.165, 1.54) is 6.26 Å². The van der Waals surface area contributed by atoms with Gasteiger partial charge in [0, 0.05) is 10.6 Å². The lowest BCUT2D eigenvalue weighted by Gasteiger charge is -2.20. The summed E-state index contributed by atoms with van der Waals surface area (Å²) in [6.07, 6.45) is 2.29. The molecule has 1 N–H and O–H groups in total. The third-order valence-corrected chi connectivity index (χ3v) is 4.79. The number of furan rings is 1. The Hall–Kier alpha value is -2.60. The lowest BCUT2D eigenvalue weighted by molar-refractivity contribution is 0.0882. The van der Waals surface area contributed by atoms with E-state index in [0.717, 1.165) is 17.5 Å². The minimum atomic E-state index is -0.417. The van der Waals surface area contributed by atoms with Crippen LogP contribution in [-0.2, 0) is 0 Å². The highest BCUT2D eigenvalue weighted by Crippen LogP contribution is 2.28. The molecule has 0 saturated heterocycles. The molecule has 1 aromatic carbocycles. The van der Waals surface area contributed by atoms with Crippen LogP contribution >= 0.6 is 11.6 Å². The van der Waals surface area contributed by atoms with Gasteiger partial charge >= 0.3 is 0 Å². The van der Waals surface area contributed by atoms with E-state index in [1.807, 2.05) is 32.9 Å². The van der Waals surface area contributed by atoms with Gasteiger partial charge in [0.1, 0.15) is 6.04 Å². The fourth-order valence-electron chi connectivity index (χ4n) is 2.51. The summed E-state index contributed by atoms with van der Waals surface area (Å²) in [5, 5.41) is 7.60. The quantitative estimate of drug-likeness (QED) is 0.670. The molecule has 0 bridgehead atoms. The summed E-state index contributed by atoms with van der Waals surface area (Å²) < 4.78 is 10.6. The smallest absolute Gasteiger partial charge is 0.287 e. The van der Waals surface area contributed by atoms with Crippen molar-refractivity contribution in [2.24, 2.45) is 5.92 Å². The van der Waals surface area contributed by atoms with Crippen molar-refractivity contribution < 1.29 is 13.7 Å². The number of rotatable bonds is 6. The monoisotopic (exact) mass is 373 g/mol. The largest absolute Gasteiger partial charge is 0.459 e. The first-order valence-corrected chi connectivity index (χ1v) is 8.82. The number of nitrogens with zero attached hydrogens (tertiary/aromatic N) is 2. The summed E-state index contributed by atoms with van der Waals surface area (Å²) in [7, 11) is 0. The van der Waals surface area contributed by atoms with Crippen LogP contribution in [0.15, 0.2) is 45.5 Å². The molecule has 136 valence electrons. The van der Waals surface area contributed by atoms with Gasteiger partial charge in [-0.3, -0.25) is 4.79 Å². The van der Waals surface area contributed by atoms with Crippen LogP contribution in [0.1, 0.15) is 48.3 Å². The molecule has 2 aromatic heterocycles. The Bertz CT molecular complexity index is 889. The van der Waals surface area contributed by atoms with Gasteiger partial charge in [0.2, 0.25) is 11.7 Å². The maximum absolute atomic E-state index is 12.4. The molecule has 0 radical (unpaired) electrons. The molecule has 1 amide bonds. The zero-order valence-corrected chi connectivity index (χ0v) is 15.6. The van der Waals surface area contributed by atoms with Crippen LogP contribution in [0.2, 0.25) is 5.02 Å². The average molecular weight is 374 g/mol. The number of nitrogens with one attached hydrogen (secondary N) is 1. The molecule has 7 heteroatoms. The minimum absolute atomic E-state index is 0.101. The number of amides is 1. The first-order chi connectivity index (χ1) is 12.5. The lowest BCUT2D eigenvalue weighted by atomic mass is 9.99. The molecule has 2 heterocycles. The maximum Gasteiger partial charge on any atom is 0.287 e. The van der Waals surface area contributed by atoms with Gasteiger partial charge in [-0.2, -0.15) is 4.98 Å². The summed E-state index contributed by atoms with van der Waals surface area (Å²) in [6.45, 7) is 5.98. The topological polar surface area (TPSA) is 81.2 Å². The SMILES string of the molecule is CC[C@H](C)[C@@H](NC(=O)c1ccco1)c1nc(-c2ccc(C)c(Cl)c2)no1. The molecule has 3 rings (SSSR count).